The van der Waals surface area contributed by atoms with Crippen molar-refractivity contribution in [1.82, 2.24) is 15.1 Å². The standard InChI is InChI=1S/C24H25FN4O5S.C2HF3O2/c1-29(2)23(30)7-8-35(32,33)22-11-15(18-12-26-27-13-18)3-5-20(22)28-24(31)17-9-16-10-19(25)4-6-21(16)34-14-17;3-2(4,5)1(6)7/h3-6,10-13,17H,7-9,14H2,1-2H3,(H,26,27)(H,28,31);(H,6,7). The van der Waals surface area contributed by atoms with Gasteiger partial charge in [0, 0.05) is 32.3 Å². The summed E-state index contributed by atoms with van der Waals surface area (Å²) >= 11 is 0. The number of halogens is 4. The summed E-state index contributed by atoms with van der Waals surface area (Å²) in [4.78, 5) is 35.2. The van der Waals surface area contributed by atoms with Gasteiger partial charge in [0.05, 0.1) is 28.5 Å². The lowest BCUT2D eigenvalue weighted by Gasteiger charge is -2.25. The Morgan fingerprint density at radius 1 is 1.14 bits per heavy atom. The predicted octanol–water partition coefficient (Wildman–Crippen LogP) is 3.29. The summed E-state index contributed by atoms with van der Waals surface area (Å²) in [6.07, 6.45) is -1.85. The fourth-order valence-corrected chi connectivity index (χ4v) is 5.22. The molecule has 1 atom stereocenters. The molecule has 1 aliphatic heterocycles. The monoisotopic (exact) mass is 614 g/mol. The van der Waals surface area contributed by atoms with Gasteiger partial charge in [-0.3, -0.25) is 14.7 Å². The molecule has 0 bridgehead atoms. The summed E-state index contributed by atoms with van der Waals surface area (Å²) in [5, 5.41) is 16.4. The van der Waals surface area contributed by atoms with Crippen LogP contribution in [0.3, 0.4) is 0 Å². The Morgan fingerprint density at radius 3 is 2.43 bits per heavy atom. The molecule has 16 heteroatoms. The third-order valence-corrected chi connectivity index (χ3v) is 7.78. The molecule has 0 saturated heterocycles. The van der Waals surface area contributed by atoms with Crippen molar-refractivity contribution >= 4 is 33.3 Å². The smallest absolute Gasteiger partial charge is 0.490 e. The highest BCUT2D eigenvalue weighted by Crippen LogP contribution is 2.32. The summed E-state index contributed by atoms with van der Waals surface area (Å²) in [6, 6.07) is 8.78. The van der Waals surface area contributed by atoms with Gasteiger partial charge >= 0.3 is 12.1 Å². The number of nitrogens with one attached hydrogen (secondary N) is 2. The van der Waals surface area contributed by atoms with Crippen LogP contribution in [0.25, 0.3) is 11.1 Å². The average molecular weight is 615 g/mol. The van der Waals surface area contributed by atoms with E-state index in [-0.39, 0.29) is 35.9 Å². The number of sulfone groups is 1. The maximum Gasteiger partial charge on any atom is 0.490 e. The first kappa shape index (κ1) is 32.0. The number of ether oxygens (including phenoxy) is 1. The Balaban J connectivity index is 0.000000616. The van der Waals surface area contributed by atoms with Gasteiger partial charge in [-0.2, -0.15) is 18.3 Å². The number of rotatable bonds is 7. The van der Waals surface area contributed by atoms with Crippen LogP contribution in [-0.4, -0.2) is 79.0 Å². The average Bonchev–Trinajstić information content (AvgIpc) is 3.46. The van der Waals surface area contributed by atoms with E-state index >= 15 is 0 Å². The van der Waals surface area contributed by atoms with Crippen molar-refractivity contribution in [3.05, 3.63) is 60.2 Å². The molecule has 4 rings (SSSR count). The number of benzene rings is 2. The van der Waals surface area contributed by atoms with Crippen LogP contribution < -0.4 is 10.1 Å². The van der Waals surface area contributed by atoms with Crippen LogP contribution in [0.15, 0.2) is 53.7 Å². The van der Waals surface area contributed by atoms with Gasteiger partial charge < -0.3 is 20.1 Å². The number of aromatic nitrogens is 2. The molecule has 3 N–H and O–H groups in total. The van der Waals surface area contributed by atoms with E-state index in [9.17, 15) is 35.6 Å². The van der Waals surface area contributed by atoms with Crippen molar-refractivity contribution < 1.29 is 50.2 Å². The van der Waals surface area contributed by atoms with Gasteiger partial charge in [0.25, 0.3) is 0 Å². The Hall–Kier alpha value is -4.47. The molecule has 0 spiro atoms. The topological polar surface area (TPSA) is 159 Å². The van der Waals surface area contributed by atoms with E-state index in [1.807, 2.05) is 0 Å². The Bertz CT molecular complexity index is 1560. The number of alkyl halides is 3. The summed E-state index contributed by atoms with van der Waals surface area (Å²) in [7, 11) is -0.833. The molecule has 2 aromatic carbocycles. The minimum absolute atomic E-state index is 0.0803. The number of hydrogen-bond donors (Lipinski definition) is 3. The van der Waals surface area contributed by atoms with Crippen LogP contribution in [0.1, 0.15) is 12.0 Å². The normalized spacial score (nSPS) is 14.5. The third-order valence-electron chi connectivity index (χ3n) is 6.03. The number of carbonyl (C=O) groups excluding carboxylic acids is 2. The fourth-order valence-electron chi connectivity index (χ4n) is 3.79. The maximum absolute atomic E-state index is 13.6. The Labute approximate surface area is 237 Å². The lowest BCUT2D eigenvalue weighted by Crippen LogP contribution is -2.33. The summed E-state index contributed by atoms with van der Waals surface area (Å²) in [5.74, 6) is -4.48. The van der Waals surface area contributed by atoms with Crippen LogP contribution >= 0.6 is 0 Å². The molecule has 42 heavy (non-hydrogen) atoms. The number of aliphatic carboxylic acids is 1. The van der Waals surface area contributed by atoms with Crippen LogP contribution in [0.2, 0.25) is 0 Å². The predicted molar refractivity (Wildman–Crippen MR) is 141 cm³/mol. The number of fused-ring (bicyclic) bond motifs is 1. The second-order valence-electron chi connectivity index (χ2n) is 9.31. The Kier molecular flexibility index (Phi) is 9.93. The zero-order valence-electron chi connectivity index (χ0n) is 22.2. The summed E-state index contributed by atoms with van der Waals surface area (Å²) in [6.45, 7) is 0.0803. The van der Waals surface area contributed by atoms with Gasteiger partial charge in [0.15, 0.2) is 9.84 Å². The fraction of sp³-hybridized carbons (Fsp3) is 0.308. The summed E-state index contributed by atoms with van der Waals surface area (Å²) in [5.41, 5.74) is 1.93. The van der Waals surface area contributed by atoms with E-state index in [1.54, 1.807) is 32.6 Å². The van der Waals surface area contributed by atoms with Crippen LogP contribution in [0.5, 0.6) is 5.75 Å². The molecule has 0 fully saturated rings. The number of H-pyrrole nitrogens is 1. The molecular weight excluding hydrogens is 588 g/mol. The van der Waals surface area contributed by atoms with Crippen LogP contribution in [0, 0.1) is 11.7 Å². The molecule has 2 amide bonds. The van der Waals surface area contributed by atoms with Crippen molar-refractivity contribution in [3.63, 3.8) is 0 Å². The number of hydrogen-bond acceptors (Lipinski definition) is 7. The van der Waals surface area contributed by atoms with E-state index in [0.717, 1.165) is 0 Å². The van der Waals surface area contributed by atoms with Gasteiger partial charge in [0.2, 0.25) is 11.8 Å². The van der Waals surface area contributed by atoms with Crippen LogP contribution in [-0.2, 0) is 30.6 Å². The van der Waals surface area contributed by atoms with Gasteiger partial charge in [-0.25, -0.2) is 17.6 Å². The van der Waals surface area contributed by atoms with Crippen molar-refractivity contribution in [1.29, 1.82) is 0 Å². The molecule has 3 aromatic rings. The molecule has 1 aliphatic rings. The first-order valence-corrected chi connectivity index (χ1v) is 13.8. The van der Waals surface area contributed by atoms with Gasteiger partial charge in [-0.05, 0) is 47.9 Å². The van der Waals surface area contributed by atoms with Crippen molar-refractivity contribution in [2.45, 2.75) is 23.9 Å². The van der Waals surface area contributed by atoms with Crippen molar-refractivity contribution in [2.24, 2.45) is 5.92 Å². The van der Waals surface area contributed by atoms with E-state index < -0.39 is 45.4 Å². The third kappa shape index (κ3) is 8.28. The van der Waals surface area contributed by atoms with E-state index in [2.05, 4.69) is 15.5 Å². The molecule has 0 saturated carbocycles. The molecule has 2 heterocycles. The van der Waals surface area contributed by atoms with E-state index in [1.165, 1.54) is 35.2 Å². The molecule has 226 valence electrons. The van der Waals surface area contributed by atoms with Gasteiger partial charge in [0.1, 0.15) is 18.2 Å². The zero-order valence-corrected chi connectivity index (χ0v) is 23.1. The SMILES string of the molecule is CN(C)C(=O)CCS(=O)(=O)c1cc(-c2cn[nH]c2)ccc1NC(=O)C1COc2ccc(F)cc2C1.O=C(O)C(F)(F)F. The van der Waals surface area contributed by atoms with Gasteiger partial charge in [-0.15, -0.1) is 0 Å². The number of aromatic amines is 1. The minimum atomic E-state index is -5.08. The lowest BCUT2D eigenvalue weighted by molar-refractivity contribution is -0.192. The number of carboxylic acids is 1. The number of carbonyl (C=O) groups is 3. The first-order chi connectivity index (χ1) is 19.6. The molecule has 1 aromatic heterocycles. The van der Waals surface area contributed by atoms with Gasteiger partial charge in [-0.1, -0.05) is 6.07 Å². The lowest BCUT2D eigenvalue weighted by atomic mass is 9.96. The Morgan fingerprint density at radius 2 is 1.83 bits per heavy atom. The highest BCUT2D eigenvalue weighted by molar-refractivity contribution is 7.91. The largest absolute Gasteiger partial charge is 0.492 e. The molecular formula is C26H26F4N4O7S. The van der Waals surface area contributed by atoms with E-state index in [4.69, 9.17) is 14.6 Å². The second kappa shape index (κ2) is 13.0. The number of carboxylic acid groups (broad SMARTS) is 1. The minimum Gasteiger partial charge on any atom is -0.492 e. The molecule has 1 unspecified atom stereocenters. The quantitative estimate of drug-likeness (QED) is 0.342. The highest BCUT2D eigenvalue weighted by atomic mass is 32.2. The molecule has 0 aliphatic carbocycles. The second-order valence-corrected chi connectivity index (χ2v) is 11.4. The zero-order chi connectivity index (χ0) is 31.2. The number of amides is 2. The number of anilines is 1. The highest BCUT2D eigenvalue weighted by Gasteiger charge is 2.38. The van der Waals surface area contributed by atoms with Crippen molar-refractivity contribution in [2.75, 3.05) is 31.8 Å². The molecule has 11 nitrogen and oxygen atoms in total. The maximum atomic E-state index is 13.6. The number of nitrogens with zero attached hydrogens (tertiary/aromatic N) is 2. The van der Waals surface area contributed by atoms with Crippen LogP contribution in [0.4, 0.5) is 23.2 Å². The first-order valence-electron chi connectivity index (χ1n) is 12.2. The summed E-state index contributed by atoms with van der Waals surface area (Å²) < 4.78 is 77.5. The van der Waals surface area contributed by atoms with Crippen molar-refractivity contribution in [3.8, 4) is 16.9 Å². The molecule has 0 radical (unpaired) electrons. The van der Waals surface area contributed by atoms with E-state index in [0.29, 0.717) is 22.4 Å².